The van der Waals surface area contributed by atoms with E-state index in [0.717, 1.165) is 24.2 Å². The minimum Gasteiger partial charge on any atom is -0.496 e. The Morgan fingerprint density at radius 3 is 2.62 bits per heavy atom. The molecule has 0 aromatic heterocycles. The van der Waals surface area contributed by atoms with Crippen LogP contribution in [-0.2, 0) is 0 Å². The molecule has 2 N–H and O–H groups in total. The van der Waals surface area contributed by atoms with Gasteiger partial charge in [-0.25, -0.2) is 0 Å². The highest BCUT2D eigenvalue weighted by Gasteiger charge is 2.26. The normalized spacial score (nSPS) is 14.3. The molecule has 0 unspecified atom stereocenters. The van der Waals surface area contributed by atoms with E-state index in [0.29, 0.717) is 12.2 Å². The van der Waals surface area contributed by atoms with E-state index in [4.69, 9.17) is 4.74 Å². The number of likely N-dealkylation sites (N-methyl/N-ethyl adjacent to an activating group) is 1. The van der Waals surface area contributed by atoms with Crippen LogP contribution in [0.4, 0.5) is 11.4 Å². The number of amides is 1. The summed E-state index contributed by atoms with van der Waals surface area (Å²) in [4.78, 5) is 25.6. The molecule has 8 heteroatoms. The number of methoxy groups -OCH3 is 1. The third kappa shape index (κ3) is 5.03. The molecule has 1 atom stereocenters. The van der Waals surface area contributed by atoms with Gasteiger partial charge in [0.25, 0.3) is 11.6 Å². The monoisotopic (exact) mass is 398 g/mol. The van der Waals surface area contributed by atoms with Crippen LogP contribution >= 0.6 is 0 Å². The van der Waals surface area contributed by atoms with Crippen LogP contribution in [0.25, 0.3) is 0 Å². The largest absolute Gasteiger partial charge is 0.496 e. The first kappa shape index (κ1) is 20.6. The third-order valence-electron chi connectivity index (χ3n) is 4.97. The zero-order valence-electron chi connectivity index (χ0n) is 16.8. The fourth-order valence-corrected chi connectivity index (χ4v) is 3.20. The number of hydrogen-bond donors (Lipinski definition) is 2. The van der Waals surface area contributed by atoms with Crippen molar-refractivity contribution in [3.63, 3.8) is 0 Å². The van der Waals surface area contributed by atoms with E-state index in [1.54, 1.807) is 19.2 Å². The minimum absolute atomic E-state index is 0.0848. The first-order valence-corrected chi connectivity index (χ1v) is 9.53. The Hall–Kier alpha value is -3.13. The van der Waals surface area contributed by atoms with Gasteiger partial charge >= 0.3 is 0 Å². The SMILES string of the molecule is COc1ccccc1[C@H](CNC(=O)c1ccc(NC2CC2)c([N+](=O)[O-])c1)N(C)C. The van der Waals surface area contributed by atoms with Gasteiger partial charge in [-0.2, -0.15) is 0 Å². The van der Waals surface area contributed by atoms with Gasteiger partial charge in [0, 0.05) is 29.8 Å². The molecule has 0 bridgehead atoms. The summed E-state index contributed by atoms with van der Waals surface area (Å²) in [6, 6.07) is 12.4. The number of anilines is 1. The molecular formula is C21H26N4O4. The van der Waals surface area contributed by atoms with Gasteiger partial charge in [0.05, 0.1) is 18.1 Å². The molecule has 1 amide bonds. The fourth-order valence-electron chi connectivity index (χ4n) is 3.20. The molecule has 29 heavy (non-hydrogen) atoms. The number of rotatable bonds is 9. The predicted molar refractivity (Wildman–Crippen MR) is 111 cm³/mol. The molecular weight excluding hydrogens is 372 g/mol. The maximum atomic E-state index is 12.7. The summed E-state index contributed by atoms with van der Waals surface area (Å²) in [5.41, 5.74) is 1.58. The predicted octanol–water partition coefficient (Wildman–Crippen LogP) is 3.21. The second-order valence-corrected chi connectivity index (χ2v) is 7.34. The van der Waals surface area contributed by atoms with Crippen molar-refractivity contribution in [1.29, 1.82) is 0 Å². The van der Waals surface area contributed by atoms with E-state index in [1.807, 2.05) is 43.3 Å². The van der Waals surface area contributed by atoms with Crippen LogP contribution in [0.3, 0.4) is 0 Å². The van der Waals surface area contributed by atoms with Crippen molar-refractivity contribution in [3.05, 3.63) is 63.7 Å². The quantitative estimate of drug-likeness (QED) is 0.497. The third-order valence-corrected chi connectivity index (χ3v) is 4.97. The number of benzene rings is 2. The summed E-state index contributed by atoms with van der Waals surface area (Å²) in [6.07, 6.45) is 2.02. The molecule has 1 aliphatic carbocycles. The van der Waals surface area contributed by atoms with Crippen molar-refractivity contribution in [2.75, 3.05) is 33.1 Å². The number of nitro groups is 1. The first-order chi connectivity index (χ1) is 13.9. The van der Waals surface area contributed by atoms with Crippen molar-refractivity contribution >= 4 is 17.3 Å². The first-order valence-electron chi connectivity index (χ1n) is 9.53. The van der Waals surface area contributed by atoms with Crippen LogP contribution < -0.4 is 15.4 Å². The summed E-state index contributed by atoms with van der Waals surface area (Å²) < 4.78 is 5.44. The average Bonchev–Trinajstić information content (AvgIpc) is 3.52. The Morgan fingerprint density at radius 1 is 1.28 bits per heavy atom. The number of carbonyl (C=O) groups is 1. The van der Waals surface area contributed by atoms with Crippen LogP contribution in [0.1, 0.15) is 34.8 Å². The number of ether oxygens (including phenoxy) is 1. The second kappa shape index (κ2) is 8.91. The smallest absolute Gasteiger partial charge is 0.293 e. The van der Waals surface area contributed by atoms with Gasteiger partial charge in [-0.05, 0) is 45.1 Å². The van der Waals surface area contributed by atoms with Crippen LogP contribution in [0.5, 0.6) is 5.75 Å². The van der Waals surface area contributed by atoms with Crippen molar-refractivity contribution < 1.29 is 14.5 Å². The molecule has 3 rings (SSSR count). The maximum absolute atomic E-state index is 12.7. The molecule has 1 fully saturated rings. The molecule has 2 aromatic carbocycles. The zero-order chi connectivity index (χ0) is 21.0. The van der Waals surface area contributed by atoms with E-state index < -0.39 is 4.92 Å². The molecule has 1 aliphatic rings. The lowest BCUT2D eigenvalue weighted by Crippen LogP contribution is -2.34. The number of para-hydroxylation sites is 1. The Bertz CT molecular complexity index is 896. The topological polar surface area (TPSA) is 96.7 Å². The van der Waals surface area contributed by atoms with E-state index in [1.165, 1.54) is 6.07 Å². The van der Waals surface area contributed by atoms with Crippen LogP contribution in [0, 0.1) is 10.1 Å². The van der Waals surface area contributed by atoms with Gasteiger partial charge in [0.1, 0.15) is 11.4 Å². The average molecular weight is 398 g/mol. The van der Waals surface area contributed by atoms with Gasteiger partial charge in [0.2, 0.25) is 0 Å². The highest BCUT2D eigenvalue weighted by atomic mass is 16.6. The number of carbonyl (C=O) groups excluding carboxylic acids is 1. The second-order valence-electron chi connectivity index (χ2n) is 7.34. The zero-order valence-corrected chi connectivity index (χ0v) is 16.8. The van der Waals surface area contributed by atoms with E-state index in [9.17, 15) is 14.9 Å². The minimum atomic E-state index is -0.459. The Labute approximate surface area is 170 Å². The molecule has 0 aliphatic heterocycles. The molecule has 0 spiro atoms. The van der Waals surface area contributed by atoms with Crippen LogP contribution in [-0.4, -0.2) is 49.5 Å². The summed E-state index contributed by atoms with van der Waals surface area (Å²) in [5, 5.41) is 17.4. The molecule has 8 nitrogen and oxygen atoms in total. The lowest BCUT2D eigenvalue weighted by Gasteiger charge is -2.26. The van der Waals surface area contributed by atoms with Crippen molar-refractivity contribution in [1.82, 2.24) is 10.2 Å². The van der Waals surface area contributed by atoms with Gasteiger partial charge < -0.3 is 20.3 Å². The summed E-state index contributed by atoms with van der Waals surface area (Å²) in [6.45, 7) is 0.335. The Morgan fingerprint density at radius 2 is 2.00 bits per heavy atom. The lowest BCUT2D eigenvalue weighted by atomic mass is 10.0. The van der Waals surface area contributed by atoms with Gasteiger partial charge in [-0.3, -0.25) is 14.9 Å². The van der Waals surface area contributed by atoms with E-state index >= 15 is 0 Å². The number of nitrogens with one attached hydrogen (secondary N) is 2. The van der Waals surface area contributed by atoms with Crippen molar-refractivity contribution in [2.24, 2.45) is 0 Å². The van der Waals surface area contributed by atoms with E-state index in [-0.39, 0.29) is 29.2 Å². The highest BCUT2D eigenvalue weighted by molar-refractivity contribution is 5.95. The number of nitro benzene ring substituents is 1. The molecule has 2 aromatic rings. The van der Waals surface area contributed by atoms with Gasteiger partial charge in [-0.1, -0.05) is 18.2 Å². The summed E-state index contributed by atoms with van der Waals surface area (Å²) >= 11 is 0. The fraction of sp³-hybridized carbons (Fsp3) is 0.381. The van der Waals surface area contributed by atoms with Gasteiger partial charge in [0.15, 0.2) is 0 Å². The van der Waals surface area contributed by atoms with E-state index in [2.05, 4.69) is 10.6 Å². The maximum Gasteiger partial charge on any atom is 0.293 e. The van der Waals surface area contributed by atoms with Crippen LogP contribution in [0.15, 0.2) is 42.5 Å². The number of nitrogens with zero attached hydrogens (tertiary/aromatic N) is 2. The summed E-state index contributed by atoms with van der Waals surface area (Å²) in [7, 11) is 5.46. The lowest BCUT2D eigenvalue weighted by molar-refractivity contribution is -0.384. The Kier molecular flexibility index (Phi) is 6.33. The summed E-state index contributed by atoms with van der Waals surface area (Å²) in [5.74, 6) is 0.388. The molecule has 0 heterocycles. The number of hydrogen-bond acceptors (Lipinski definition) is 6. The molecule has 154 valence electrons. The Balaban J connectivity index is 1.74. The highest BCUT2D eigenvalue weighted by Crippen LogP contribution is 2.32. The van der Waals surface area contributed by atoms with Crippen molar-refractivity contribution in [3.8, 4) is 5.75 Å². The van der Waals surface area contributed by atoms with Crippen LogP contribution in [0.2, 0.25) is 0 Å². The standard InChI is InChI=1S/C21H26N4O4/c1-24(2)19(16-6-4-5-7-20(16)29-3)13-22-21(26)14-8-11-17(23-15-9-10-15)18(12-14)25(27)28/h4-8,11-12,15,19,23H,9-10,13H2,1-3H3,(H,22,26)/t19-/m0/s1. The molecule has 0 radical (unpaired) electrons. The van der Waals surface area contributed by atoms with Gasteiger partial charge in [-0.15, -0.1) is 0 Å². The molecule has 0 saturated heterocycles. The van der Waals surface area contributed by atoms with Crippen molar-refractivity contribution in [2.45, 2.75) is 24.9 Å². The molecule has 1 saturated carbocycles.